The van der Waals surface area contributed by atoms with Crippen LogP contribution >= 0.6 is 0 Å². The van der Waals surface area contributed by atoms with Crippen molar-refractivity contribution in [1.29, 1.82) is 0 Å². The van der Waals surface area contributed by atoms with Crippen LogP contribution in [0.15, 0.2) is 49.1 Å². The Balaban J connectivity index is 1.02. The Labute approximate surface area is 340 Å². The Morgan fingerprint density at radius 1 is 0.786 bits per heavy atom. The van der Waals surface area contributed by atoms with Gasteiger partial charge in [-0.1, -0.05) is 82.8 Å². The van der Waals surface area contributed by atoms with Gasteiger partial charge in [0, 0.05) is 92.7 Å². The van der Waals surface area contributed by atoms with Gasteiger partial charge in [-0.25, -0.2) is 9.97 Å². The van der Waals surface area contributed by atoms with Crippen molar-refractivity contribution in [1.82, 2.24) is 34.2 Å². The maximum Gasteiger partial charge on any atom is 0.224 e. The quantitative estimate of drug-likeness (QED) is 0.0914. The highest BCUT2D eigenvalue weighted by atomic mass is 28.3. The number of hydrogen-bond acceptors (Lipinski definition) is 7. The van der Waals surface area contributed by atoms with Crippen LogP contribution in [0.3, 0.4) is 0 Å². The summed E-state index contributed by atoms with van der Waals surface area (Å²) in [6.07, 6.45) is 19.7. The minimum Gasteiger partial charge on any atom is -0.361 e. The average Bonchev–Trinajstić information content (AvgIpc) is 3.91. The highest BCUT2D eigenvalue weighted by Crippen LogP contribution is 2.42. The summed E-state index contributed by atoms with van der Waals surface area (Å²) in [4.78, 5) is 28.9. The van der Waals surface area contributed by atoms with Gasteiger partial charge in [0.2, 0.25) is 5.91 Å². The molecule has 12 heteroatoms. The van der Waals surface area contributed by atoms with Gasteiger partial charge in [0.15, 0.2) is 0 Å². The fourth-order valence-electron chi connectivity index (χ4n) is 8.81. The molecule has 10 nitrogen and oxygen atoms in total. The van der Waals surface area contributed by atoms with Gasteiger partial charge in [-0.15, -0.1) is 0 Å². The fraction of sp³-hybridized carbons (Fsp3) is 0.705. The molecule has 0 radical (unpaired) electrons. The molecule has 4 heterocycles. The lowest BCUT2D eigenvalue weighted by Gasteiger charge is -2.43. The molecule has 56 heavy (non-hydrogen) atoms. The van der Waals surface area contributed by atoms with E-state index in [9.17, 15) is 4.79 Å². The first kappa shape index (κ1) is 43.0. The molecule has 1 amide bonds. The lowest BCUT2D eigenvalue weighted by atomic mass is 9.77. The third-order valence-corrected chi connectivity index (χ3v) is 16.1. The maximum atomic E-state index is 14.0. The summed E-state index contributed by atoms with van der Waals surface area (Å²) in [6, 6.07) is 12.0. The van der Waals surface area contributed by atoms with Crippen LogP contribution in [0.4, 0.5) is 0 Å². The molecule has 310 valence electrons. The van der Waals surface area contributed by atoms with Crippen LogP contribution in [-0.4, -0.2) is 96.4 Å². The Morgan fingerprint density at radius 2 is 1.32 bits per heavy atom. The second-order valence-electron chi connectivity index (χ2n) is 19.8. The lowest BCUT2D eigenvalue weighted by Crippen LogP contribution is -2.46. The van der Waals surface area contributed by atoms with Crippen LogP contribution in [0, 0.1) is 11.3 Å². The zero-order valence-electron chi connectivity index (χ0n) is 35.7. The predicted octanol–water partition coefficient (Wildman–Crippen LogP) is 8.04. The van der Waals surface area contributed by atoms with Crippen molar-refractivity contribution >= 4 is 22.1 Å². The highest BCUT2D eigenvalue weighted by Gasteiger charge is 2.41. The standard InChI is InChI=1S/C44H73N7O3Si2/c1-55(2,3)28-26-53-35-50-24-19-45-41(50)30-39(31-42-46-20-25-51(42)36-54-27-29-56(4,5)6)43(52)47-32-37-12-14-38(15-13-37)33-48-21-16-44(34-48)17-22-49(23-18-44)40-10-8-7-9-11-40/h12-15,19-20,24-25,39-40H,7-11,16-18,21-23,26-36H2,1-6H3,(H,47,52). The van der Waals surface area contributed by atoms with Crippen molar-refractivity contribution < 1.29 is 14.3 Å². The van der Waals surface area contributed by atoms with Crippen molar-refractivity contribution in [3.8, 4) is 0 Å². The molecule has 0 bridgehead atoms. The minimum atomic E-state index is -1.19. The fourth-order valence-corrected chi connectivity index (χ4v) is 10.3. The van der Waals surface area contributed by atoms with Crippen LogP contribution in [0.5, 0.6) is 0 Å². The Morgan fingerprint density at radius 3 is 1.88 bits per heavy atom. The number of ether oxygens (including phenoxy) is 2. The van der Waals surface area contributed by atoms with E-state index in [4.69, 9.17) is 9.47 Å². The van der Waals surface area contributed by atoms with E-state index in [-0.39, 0.29) is 11.8 Å². The van der Waals surface area contributed by atoms with Crippen molar-refractivity contribution in [2.45, 2.75) is 148 Å². The van der Waals surface area contributed by atoms with Crippen LogP contribution in [0.25, 0.3) is 0 Å². The summed E-state index contributed by atoms with van der Waals surface area (Å²) in [7, 11) is -2.37. The largest absolute Gasteiger partial charge is 0.361 e. The molecule has 2 aliphatic heterocycles. The molecule has 1 aliphatic carbocycles. The summed E-state index contributed by atoms with van der Waals surface area (Å²) in [6.45, 7) is 23.1. The van der Waals surface area contributed by atoms with Gasteiger partial charge in [-0.2, -0.15) is 0 Å². The van der Waals surface area contributed by atoms with Crippen molar-refractivity contribution in [2.24, 2.45) is 11.3 Å². The van der Waals surface area contributed by atoms with Crippen LogP contribution in [0.2, 0.25) is 51.4 Å². The van der Waals surface area contributed by atoms with E-state index in [0.29, 0.717) is 38.3 Å². The zero-order chi connectivity index (χ0) is 39.6. The Bertz CT molecular complexity index is 1570. The number of rotatable bonds is 20. The van der Waals surface area contributed by atoms with Crippen LogP contribution in [0.1, 0.15) is 74.1 Å². The Hall–Kier alpha value is -2.62. The number of imidazole rings is 2. The van der Waals surface area contributed by atoms with Gasteiger partial charge in [-0.05, 0) is 80.4 Å². The molecule has 0 atom stereocenters. The first-order valence-corrected chi connectivity index (χ1v) is 29.2. The number of carbonyl (C=O) groups is 1. The van der Waals surface area contributed by atoms with Gasteiger partial charge >= 0.3 is 0 Å². The minimum absolute atomic E-state index is 0.00868. The van der Waals surface area contributed by atoms with Gasteiger partial charge < -0.3 is 28.8 Å². The highest BCUT2D eigenvalue weighted by molar-refractivity contribution is 6.76. The van der Waals surface area contributed by atoms with Crippen LogP contribution in [-0.2, 0) is 53.7 Å². The number of benzene rings is 1. The zero-order valence-corrected chi connectivity index (χ0v) is 37.7. The molecule has 3 fully saturated rings. The lowest BCUT2D eigenvalue weighted by molar-refractivity contribution is -0.125. The van der Waals surface area contributed by atoms with E-state index >= 15 is 0 Å². The molecular formula is C44H73N7O3Si2. The molecule has 1 aromatic carbocycles. The molecule has 0 unspecified atom stereocenters. The second-order valence-corrected chi connectivity index (χ2v) is 31.0. The smallest absolute Gasteiger partial charge is 0.224 e. The third-order valence-electron chi connectivity index (χ3n) is 12.6. The SMILES string of the molecule is C[Si](C)(C)CCOCn1ccnc1CC(Cc1nccn1COCC[Si](C)(C)C)C(=O)NCc1ccc(CN2CCC3(CCN(C4CCCCC4)CC3)C2)cc1. The molecule has 2 saturated heterocycles. The predicted molar refractivity (Wildman–Crippen MR) is 232 cm³/mol. The number of carbonyl (C=O) groups excluding carboxylic acids is 1. The van der Waals surface area contributed by atoms with Crippen molar-refractivity contribution in [3.05, 3.63) is 71.8 Å². The summed E-state index contributed by atoms with van der Waals surface area (Å²) in [5.74, 6) is 1.36. The average molecular weight is 804 g/mol. The summed E-state index contributed by atoms with van der Waals surface area (Å²) in [5, 5.41) is 3.28. The topological polar surface area (TPSA) is 89.7 Å². The van der Waals surface area contributed by atoms with Gasteiger partial charge in [-0.3, -0.25) is 9.69 Å². The third kappa shape index (κ3) is 13.2. The van der Waals surface area contributed by atoms with E-state index in [1.807, 2.05) is 33.9 Å². The molecule has 3 aliphatic rings. The number of hydrogen-bond donors (Lipinski definition) is 1. The molecule has 2 aromatic heterocycles. The van der Waals surface area contributed by atoms with Crippen molar-refractivity contribution in [3.63, 3.8) is 0 Å². The van der Waals surface area contributed by atoms with E-state index < -0.39 is 16.1 Å². The van der Waals surface area contributed by atoms with Crippen molar-refractivity contribution in [2.75, 3.05) is 39.4 Å². The van der Waals surface area contributed by atoms with Gasteiger partial charge in [0.1, 0.15) is 25.1 Å². The van der Waals surface area contributed by atoms with Gasteiger partial charge in [0.25, 0.3) is 0 Å². The molecule has 1 N–H and O–H groups in total. The van der Waals surface area contributed by atoms with E-state index in [1.54, 1.807) is 0 Å². The number of likely N-dealkylation sites (tertiary alicyclic amines) is 2. The van der Waals surface area contributed by atoms with Gasteiger partial charge in [0.05, 0.1) is 5.92 Å². The molecule has 1 saturated carbocycles. The second kappa shape index (κ2) is 19.9. The normalized spacial score (nSPS) is 18.7. The number of amides is 1. The maximum absolute atomic E-state index is 14.0. The van der Waals surface area contributed by atoms with E-state index in [0.717, 1.165) is 55.1 Å². The molecule has 6 rings (SSSR count). The first-order valence-electron chi connectivity index (χ1n) is 21.8. The molecule has 1 spiro atoms. The Kier molecular flexibility index (Phi) is 15.3. The number of piperidine rings is 1. The van der Waals surface area contributed by atoms with Crippen LogP contribution < -0.4 is 5.32 Å². The first-order chi connectivity index (χ1) is 26.8. The number of nitrogens with one attached hydrogen (secondary N) is 1. The number of aromatic nitrogens is 4. The molecular weight excluding hydrogens is 731 g/mol. The number of nitrogens with zero attached hydrogens (tertiary/aromatic N) is 6. The monoisotopic (exact) mass is 804 g/mol. The van der Waals surface area contributed by atoms with E-state index in [1.165, 1.54) is 83.1 Å². The summed E-state index contributed by atoms with van der Waals surface area (Å²) < 4.78 is 16.2. The summed E-state index contributed by atoms with van der Waals surface area (Å²) in [5.41, 5.74) is 2.98. The van der Waals surface area contributed by atoms with E-state index in [2.05, 4.69) is 88.6 Å². The molecule has 3 aromatic rings. The summed E-state index contributed by atoms with van der Waals surface area (Å²) >= 11 is 0.